The smallest absolute Gasteiger partial charge is 0.239 e. The van der Waals surface area contributed by atoms with Gasteiger partial charge in [0.25, 0.3) is 0 Å². The first-order valence-corrected chi connectivity index (χ1v) is 7.30. The number of benzene rings is 1. The van der Waals surface area contributed by atoms with Crippen molar-refractivity contribution in [3.8, 4) is 0 Å². The van der Waals surface area contributed by atoms with Crippen LogP contribution < -0.4 is 10.2 Å². The molecule has 0 aliphatic carbocycles. The molecule has 1 heterocycles. The fraction of sp³-hybridized carbons (Fsp3) is 0.562. The van der Waals surface area contributed by atoms with E-state index in [9.17, 15) is 9.90 Å². The molecule has 0 spiro atoms. The maximum absolute atomic E-state index is 12.1. The fourth-order valence-electron chi connectivity index (χ4n) is 2.42. The standard InChI is InChI=1S/C16H24N2O2/c1-11(2)12(3)17-16(20)10-18-9-8-15(19)13-6-4-5-7-14(13)18/h4-7,11-12,15,19H,8-10H2,1-3H3,(H,17,20). The summed E-state index contributed by atoms with van der Waals surface area (Å²) in [7, 11) is 0. The Hall–Kier alpha value is -1.55. The number of carbonyl (C=O) groups excluding carboxylic acids is 1. The topological polar surface area (TPSA) is 52.6 Å². The Labute approximate surface area is 120 Å². The van der Waals surface area contributed by atoms with E-state index in [0.717, 1.165) is 11.3 Å². The van der Waals surface area contributed by atoms with Crippen LogP contribution in [0.1, 0.15) is 38.9 Å². The molecule has 4 heteroatoms. The van der Waals surface area contributed by atoms with Gasteiger partial charge in [-0.15, -0.1) is 0 Å². The largest absolute Gasteiger partial charge is 0.388 e. The summed E-state index contributed by atoms with van der Waals surface area (Å²) < 4.78 is 0. The first kappa shape index (κ1) is 14.9. The summed E-state index contributed by atoms with van der Waals surface area (Å²) in [6.45, 7) is 7.27. The monoisotopic (exact) mass is 276 g/mol. The van der Waals surface area contributed by atoms with Gasteiger partial charge in [-0.25, -0.2) is 0 Å². The predicted octanol–water partition coefficient (Wildman–Crippen LogP) is 2.09. The van der Waals surface area contributed by atoms with Crippen LogP contribution in [0.3, 0.4) is 0 Å². The van der Waals surface area contributed by atoms with E-state index in [1.54, 1.807) is 0 Å². The van der Waals surface area contributed by atoms with E-state index < -0.39 is 6.10 Å². The first-order chi connectivity index (χ1) is 9.49. The molecule has 1 aliphatic heterocycles. The summed E-state index contributed by atoms with van der Waals surface area (Å²) in [6, 6.07) is 7.94. The number of rotatable bonds is 4. The quantitative estimate of drug-likeness (QED) is 0.885. The number of hydrogen-bond acceptors (Lipinski definition) is 3. The van der Waals surface area contributed by atoms with E-state index >= 15 is 0 Å². The molecule has 1 aliphatic rings. The van der Waals surface area contributed by atoms with Gasteiger partial charge in [-0.1, -0.05) is 32.0 Å². The molecule has 1 aromatic carbocycles. The van der Waals surface area contributed by atoms with Gasteiger partial charge in [-0.2, -0.15) is 0 Å². The Morgan fingerprint density at radius 2 is 2.10 bits per heavy atom. The van der Waals surface area contributed by atoms with Crippen LogP contribution in [0.5, 0.6) is 0 Å². The van der Waals surface area contributed by atoms with Crippen molar-refractivity contribution in [3.05, 3.63) is 29.8 Å². The average molecular weight is 276 g/mol. The third-order valence-electron chi connectivity index (χ3n) is 4.03. The molecule has 1 amide bonds. The minimum Gasteiger partial charge on any atom is -0.388 e. The SMILES string of the molecule is CC(C)C(C)NC(=O)CN1CCC(O)c2ccccc21. The number of aliphatic hydroxyl groups is 1. The average Bonchev–Trinajstić information content (AvgIpc) is 2.42. The van der Waals surface area contributed by atoms with Crippen molar-refractivity contribution in [2.75, 3.05) is 18.0 Å². The Morgan fingerprint density at radius 1 is 1.40 bits per heavy atom. The summed E-state index contributed by atoms with van der Waals surface area (Å²) in [5.74, 6) is 0.465. The van der Waals surface area contributed by atoms with Crippen molar-refractivity contribution in [3.63, 3.8) is 0 Å². The van der Waals surface area contributed by atoms with Gasteiger partial charge in [-0.05, 0) is 25.3 Å². The third-order valence-corrected chi connectivity index (χ3v) is 4.03. The van der Waals surface area contributed by atoms with Crippen molar-refractivity contribution in [1.82, 2.24) is 5.32 Å². The van der Waals surface area contributed by atoms with E-state index in [2.05, 4.69) is 19.2 Å². The van der Waals surface area contributed by atoms with E-state index in [4.69, 9.17) is 0 Å². The van der Waals surface area contributed by atoms with Gasteiger partial charge in [0.05, 0.1) is 12.6 Å². The summed E-state index contributed by atoms with van der Waals surface area (Å²) in [5.41, 5.74) is 1.89. The molecule has 0 saturated carbocycles. The molecular formula is C16H24N2O2. The highest BCUT2D eigenvalue weighted by atomic mass is 16.3. The zero-order valence-electron chi connectivity index (χ0n) is 12.5. The van der Waals surface area contributed by atoms with Crippen LogP contribution in [0.4, 0.5) is 5.69 Å². The zero-order valence-corrected chi connectivity index (χ0v) is 12.5. The summed E-state index contributed by atoms with van der Waals surface area (Å²) in [5, 5.41) is 13.0. The Morgan fingerprint density at radius 3 is 2.80 bits per heavy atom. The van der Waals surface area contributed by atoms with Crippen LogP contribution in [0.15, 0.2) is 24.3 Å². The Kier molecular flexibility index (Phi) is 4.65. The van der Waals surface area contributed by atoms with Gasteiger partial charge in [0.1, 0.15) is 0 Å². The van der Waals surface area contributed by atoms with Crippen LogP contribution in [0, 0.1) is 5.92 Å². The lowest BCUT2D eigenvalue weighted by Gasteiger charge is -2.33. The number of aliphatic hydroxyl groups excluding tert-OH is 1. The van der Waals surface area contributed by atoms with Gasteiger partial charge < -0.3 is 15.3 Å². The summed E-state index contributed by atoms with van der Waals surface area (Å²) >= 11 is 0. The molecule has 0 fully saturated rings. The van der Waals surface area contributed by atoms with E-state index in [0.29, 0.717) is 25.4 Å². The Bertz CT molecular complexity index is 473. The highest BCUT2D eigenvalue weighted by molar-refractivity contribution is 5.82. The van der Waals surface area contributed by atoms with Crippen molar-refractivity contribution in [2.24, 2.45) is 5.92 Å². The number of amides is 1. The molecule has 2 N–H and O–H groups in total. The van der Waals surface area contributed by atoms with Crippen LogP contribution >= 0.6 is 0 Å². The zero-order chi connectivity index (χ0) is 14.7. The molecule has 2 rings (SSSR count). The van der Waals surface area contributed by atoms with Gasteiger partial charge >= 0.3 is 0 Å². The number of anilines is 1. The van der Waals surface area contributed by atoms with Crippen molar-refractivity contribution in [2.45, 2.75) is 39.3 Å². The van der Waals surface area contributed by atoms with Crippen molar-refractivity contribution < 1.29 is 9.90 Å². The number of carbonyl (C=O) groups is 1. The maximum atomic E-state index is 12.1. The van der Waals surface area contributed by atoms with Gasteiger partial charge in [-0.3, -0.25) is 4.79 Å². The van der Waals surface area contributed by atoms with Gasteiger partial charge in [0.2, 0.25) is 5.91 Å². The Balaban J connectivity index is 2.04. The molecule has 4 nitrogen and oxygen atoms in total. The molecule has 2 unspecified atom stereocenters. The summed E-state index contributed by atoms with van der Waals surface area (Å²) in [6.07, 6.45) is 0.254. The second-order valence-electron chi connectivity index (χ2n) is 5.89. The third kappa shape index (κ3) is 3.31. The maximum Gasteiger partial charge on any atom is 0.239 e. The predicted molar refractivity (Wildman–Crippen MR) is 80.7 cm³/mol. The molecule has 0 radical (unpaired) electrons. The van der Waals surface area contributed by atoms with Crippen molar-refractivity contribution >= 4 is 11.6 Å². The van der Waals surface area contributed by atoms with Gasteiger partial charge in [0, 0.05) is 23.8 Å². The molecule has 110 valence electrons. The second-order valence-corrected chi connectivity index (χ2v) is 5.89. The van der Waals surface area contributed by atoms with E-state index in [-0.39, 0.29) is 11.9 Å². The molecule has 2 atom stereocenters. The molecule has 20 heavy (non-hydrogen) atoms. The highest BCUT2D eigenvalue weighted by Crippen LogP contribution is 2.32. The minimum atomic E-state index is -0.417. The highest BCUT2D eigenvalue weighted by Gasteiger charge is 2.24. The van der Waals surface area contributed by atoms with Crippen LogP contribution in [0.2, 0.25) is 0 Å². The molecule has 1 aromatic rings. The lowest BCUT2D eigenvalue weighted by molar-refractivity contribution is -0.120. The van der Waals surface area contributed by atoms with Crippen LogP contribution in [-0.4, -0.2) is 30.1 Å². The van der Waals surface area contributed by atoms with E-state index in [1.807, 2.05) is 36.1 Å². The lowest BCUT2D eigenvalue weighted by atomic mass is 9.99. The first-order valence-electron chi connectivity index (χ1n) is 7.30. The number of nitrogens with one attached hydrogen (secondary N) is 1. The molecule has 0 saturated heterocycles. The molecule has 0 aromatic heterocycles. The number of fused-ring (bicyclic) bond motifs is 1. The summed E-state index contributed by atoms with van der Waals surface area (Å²) in [4.78, 5) is 14.1. The molecular weight excluding hydrogens is 252 g/mol. The normalized spacial score (nSPS) is 19.6. The molecule has 0 bridgehead atoms. The van der Waals surface area contributed by atoms with Gasteiger partial charge in [0.15, 0.2) is 0 Å². The number of nitrogens with zero attached hydrogens (tertiary/aromatic N) is 1. The lowest BCUT2D eigenvalue weighted by Crippen LogP contribution is -2.44. The fourth-order valence-corrected chi connectivity index (χ4v) is 2.42. The minimum absolute atomic E-state index is 0.0393. The van der Waals surface area contributed by atoms with E-state index in [1.165, 1.54) is 0 Å². The number of hydrogen-bond donors (Lipinski definition) is 2. The van der Waals surface area contributed by atoms with Crippen LogP contribution in [0.25, 0.3) is 0 Å². The number of para-hydroxylation sites is 1. The van der Waals surface area contributed by atoms with Crippen LogP contribution in [-0.2, 0) is 4.79 Å². The second kappa shape index (κ2) is 6.27. The van der Waals surface area contributed by atoms with Crippen molar-refractivity contribution in [1.29, 1.82) is 0 Å².